The van der Waals surface area contributed by atoms with Gasteiger partial charge in [0.2, 0.25) is 5.91 Å². The molecule has 0 aromatic heterocycles. The molecule has 4 nitrogen and oxygen atoms in total. The van der Waals surface area contributed by atoms with Crippen molar-refractivity contribution in [3.63, 3.8) is 0 Å². The third-order valence-corrected chi connectivity index (χ3v) is 5.00. The Morgan fingerprint density at radius 3 is 2.80 bits per heavy atom. The highest BCUT2D eigenvalue weighted by atomic mass is 35.5. The number of nitrogens with one attached hydrogen (secondary N) is 2. The van der Waals surface area contributed by atoms with E-state index in [9.17, 15) is 4.79 Å². The molecule has 20 heavy (non-hydrogen) atoms. The Hall–Kier alpha value is -0.320. The number of hydrogen-bond donors (Lipinski definition) is 2. The van der Waals surface area contributed by atoms with Gasteiger partial charge >= 0.3 is 0 Å². The topological polar surface area (TPSA) is 50.4 Å². The van der Waals surface area contributed by atoms with Gasteiger partial charge in [-0.2, -0.15) is 0 Å². The summed E-state index contributed by atoms with van der Waals surface area (Å²) in [7, 11) is 0. The first-order valence-corrected chi connectivity index (χ1v) is 7.94. The highest BCUT2D eigenvalue weighted by molar-refractivity contribution is 5.85. The molecule has 1 aliphatic carbocycles. The summed E-state index contributed by atoms with van der Waals surface area (Å²) < 4.78 is 5.45. The Labute approximate surface area is 127 Å². The number of ether oxygens (including phenoxy) is 1. The molecule has 0 aromatic carbocycles. The first-order valence-electron chi connectivity index (χ1n) is 7.94. The fraction of sp³-hybridized carbons (Fsp3) is 0.933. The highest BCUT2D eigenvalue weighted by Gasteiger charge is 2.38. The molecule has 1 amide bonds. The molecule has 2 aliphatic heterocycles. The minimum atomic E-state index is 0. The van der Waals surface area contributed by atoms with Crippen LogP contribution in [0.5, 0.6) is 0 Å². The van der Waals surface area contributed by atoms with Gasteiger partial charge < -0.3 is 15.4 Å². The molecule has 3 rings (SSSR count). The SMILES string of the molecule is Cl.O=C(NCC1CCCOC1)C1CC2CCCCC2N1. The molecular weight excluding hydrogens is 276 g/mol. The van der Waals surface area contributed by atoms with Crippen molar-refractivity contribution in [1.29, 1.82) is 0 Å². The lowest BCUT2D eigenvalue weighted by atomic mass is 9.85. The van der Waals surface area contributed by atoms with Gasteiger partial charge in [-0.15, -0.1) is 12.4 Å². The molecule has 3 aliphatic rings. The van der Waals surface area contributed by atoms with Crippen molar-refractivity contribution in [2.45, 2.75) is 57.0 Å². The van der Waals surface area contributed by atoms with Gasteiger partial charge in [0.25, 0.3) is 0 Å². The van der Waals surface area contributed by atoms with E-state index in [-0.39, 0.29) is 24.4 Å². The second-order valence-electron chi connectivity index (χ2n) is 6.43. The van der Waals surface area contributed by atoms with Gasteiger partial charge in [0.05, 0.1) is 12.6 Å². The maximum absolute atomic E-state index is 12.2. The molecular formula is C15H27ClN2O2. The Morgan fingerprint density at radius 2 is 2.05 bits per heavy atom. The summed E-state index contributed by atoms with van der Waals surface area (Å²) in [5, 5.41) is 6.66. The lowest BCUT2D eigenvalue weighted by Gasteiger charge is -2.24. The fourth-order valence-electron chi connectivity index (χ4n) is 3.86. The average Bonchev–Trinajstić information content (AvgIpc) is 2.90. The molecule has 2 N–H and O–H groups in total. The number of amides is 1. The van der Waals surface area contributed by atoms with E-state index in [1.54, 1.807) is 0 Å². The second-order valence-corrected chi connectivity index (χ2v) is 6.43. The molecule has 2 saturated heterocycles. The summed E-state index contributed by atoms with van der Waals surface area (Å²) in [5.74, 6) is 1.46. The van der Waals surface area contributed by atoms with Crippen LogP contribution in [-0.2, 0) is 9.53 Å². The van der Waals surface area contributed by atoms with Crippen molar-refractivity contribution in [2.75, 3.05) is 19.8 Å². The Kier molecular flexibility index (Phi) is 6.12. The number of halogens is 1. The van der Waals surface area contributed by atoms with Gasteiger partial charge in [0.15, 0.2) is 0 Å². The van der Waals surface area contributed by atoms with Crippen LogP contribution in [0.1, 0.15) is 44.9 Å². The zero-order chi connectivity index (χ0) is 13.1. The predicted molar refractivity (Wildman–Crippen MR) is 81.1 cm³/mol. The van der Waals surface area contributed by atoms with Gasteiger partial charge in [-0.05, 0) is 43.9 Å². The van der Waals surface area contributed by atoms with E-state index >= 15 is 0 Å². The molecule has 0 radical (unpaired) electrons. The lowest BCUT2D eigenvalue weighted by Crippen LogP contribution is -2.45. The third kappa shape index (κ3) is 3.86. The molecule has 0 spiro atoms. The summed E-state index contributed by atoms with van der Waals surface area (Å²) in [4.78, 5) is 12.2. The number of carbonyl (C=O) groups is 1. The van der Waals surface area contributed by atoms with E-state index in [0.717, 1.165) is 38.5 Å². The second kappa shape index (κ2) is 7.62. The third-order valence-electron chi connectivity index (χ3n) is 5.00. The van der Waals surface area contributed by atoms with Crippen molar-refractivity contribution in [2.24, 2.45) is 11.8 Å². The van der Waals surface area contributed by atoms with E-state index in [1.165, 1.54) is 32.1 Å². The Balaban J connectivity index is 0.00000147. The molecule has 0 aromatic rings. The van der Waals surface area contributed by atoms with E-state index in [0.29, 0.717) is 12.0 Å². The maximum Gasteiger partial charge on any atom is 0.237 e. The van der Waals surface area contributed by atoms with Crippen LogP contribution in [0.25, 0.3) is 0 Å². The number of hydrogen-bond acceptors (Lipinski definition) is 3. The van der Waals surface area contributed by atoms with Gasteiger partial charge in [-0.25, -0.2) is 0 Å². The van der Waals surface area contributed by atoms with Gasteiger partial charge in [0, 0.05) is 19.2 Å². The summed E-state index contributed by atoms with van der Waals surface area (Å²) in [5.41, 5.74) is 0. The molecule has 5 heteroatoms. The van der Waals surface area contributed by atoms with E-state index in [1.807, 2.05) is 0 Å². The first kappa shape index (κ1) is 16.1. The zero-order valence-electron chi connectivity index (χ0n) is 12.1. The molecule has 2 heterocycles. The minimum absolute atomic E-state index is 0. The van der Waals surface area contributed by atoms with Gasteiger partial charge in [-0.1, -0.05) is 12.8 Å². The van der Waals surface area contributed by atoms with Crippen LogP contribution in [0, 0.1) is 11.8 Å². The summed E-state index contributed by atoms with van der Waals surface area (Å²) in [6, 6.07) is 0.653. The lowest BCUT2D eigenvalue weighted by molar-refractivity contribution is -0.123. The molecule has 4 unspecified atom stereocenters. The molecule has 116 valence electrons. The van der Waals surface area contributed by atoms with Crippen LogP contribution in [0.3, 0.4) is 0 Å². The summed E-state index contributed by atoms with van der Waals surface area (Å²) in [6.45, 7) is 2.48. The molecule has 4 atom stereocenters. The minimum Gasteiger partial charge on any atom is -0.381 e. The van der Waals surface area contributed by atoms with Gasteiger partial charge in [-0.3, -0.25) is 4.79 Å². The predicted octanol–water partition coefficient (Wildman–Crippen LogP) is 1.87. The fourth-order valence-corrected chi connectivity index (χ4v) is 3.86. The number of fused-ring (bicyclic) bond motifs is 1. The van der Waals surface area contributed by atoms with Gasteiger partial charge in [0.1, 0.15) is 0 Å². The zero-order valence-corrected chi connectivity index (χ0v) is 12.9. The molecule has 1 saturated carbocycles. The summed E-state index contributed by atoms with van der Waals surface area (Å²) in [6.07, 6.45) is 8.58. The van der Waals surface area contributed by atoms with Crippen LogP contribution >= 0.6 is 12.4 Å². The van der Waals surface area contributed by atoms with E-state index in [2.05, 4.69) is 10.6 Å². The monoisotopic (exact) mass is 302 g/mol. The van der Waals surface area contributed by atoms with E-state index < -0.39 is 0 Å². The quantitative estimate of drug-likeness (QED) is 0.837. The van der Waals surface area contributed by atoms with Crippen molar-refractivity contribution in [3.8, 4) is 0 Å². The molecule has 3 fully saturated rings. The van der Waals surface area contributed by atoms with Crippen LogP contribution < -0.4 is 10.6 Å². The van der Waals surface area contributed by atoms with Crippen LogP contribution in [-0.4, -0.2) is 37.7 Å². The van der Waals surface area contributed by atoms with Crippen molar-refractivity contribution in [1.82, 2.24) is 10.6 Å². The van der Waals surface area contributed by atoms with Crippen LogP contribution in [0.4, 0.5) is 0 Å². The van der Waals surface area contributed by atoms with E-state index in [4.69, 9.17) is 4.74 Å². The maximum atomic E-state index is 12.2. The average molecular weight is 303 g/mol. The smallest absolute Gasteiger partial charge is 0.237 e. The van der Waals surface area contributed by atoms with Crippen LogP contribution in [0.15, 0.2) is 0 Å². The van der Waals surface area contributed by atoms with Crippen molar-refractivity contribution in [3.05, 3.63) is 0 Å². The van der Waals surface area contributed by atoms with Crippen molar-refractivity contribution >= 4 is 18.3 Å². The first-order chi connectivity index (χ1) is 9.33. The van der Waals surface area contributed by atoms with Crippen molar-refractivity contribution < 1.29 is 9.53 Å². The largest absolute Gasteiger partial charge is 0.381 e. The normalized spacial score (nSPS) is 36.8. The summed E-state index contributed by atoms with van der Waals surface area (Å²) >= 11 is 0. The highest BCUT2D eigenvalue weighted by Crippen LogP contribution is 2.33. The Bertz CT molecular complexity index is 307. The van der Waals surface area contributed by atoms with Crippen LogP contribution in [0.2, 0.25) is 0 Å². The number of carbonyl (C=O) groups excluding carboxylic acids is 1. The number of rotatable bonds is 3. The molecule has 0 bridgehead atoms. The Morgan fingerprint density at radius 1 is 1.20 bits per heavy atom. The standard InChI is InChI=1S/C15H26N2O2.ClH/c18-15(16-9-11-4-3-7-19-10-11)14-8-12-5-1-2-6-13(12)17-14;/h11-14,17H,1-10H2,(H,16,18);1H.